The Kier molecular flexibility index (Phi) is 6.97. The number of carbonyl (C=O) groups excluding carboxylic acids is 4. The van der Waals surface area contributed by atoms with E-state index in [1.165, 1.54) is 12.0 Å². The number of urea groups is 1. The molecule has 9 nitrogen and oxygen atoms in total. The van der Waals surface area contributed by atoms with Crippen LogP contribution in [0.5, 0.6) is 11.5 Å². The first-order valence-electron chi connectivity index (χ1n) is 9.12. The number of methoxy groups -OCH3 is 1. The lowest BCUT2D eigenvalue weighted by Gasteiger charge is -2.23. The van der Waals surface area contributed by atoms with Crippen LogP contribution in [0.1, 0.15) is 26.3 Å². The molecule has 0 aromatic heterocycles. The standard InChI is InChI=1S/C19H25N3O6/c1-5-20(11-13-8-9-14(28-7-3)15(10-13)27-4)16(23)12-22-18(25)17(24)21(6-2)19(22)26/h8-10H,5-7,11-12H2,1-4H3. The number of ether oxygens (including phenoxy) is 2. The Balaban J connectivity index is 2.11. The Hall–Kier alpha value is -3.10. The van der Waals surface area contributed by atoms with Gasteiger partial charge in [0.1, 0.15) is 6.54 Å². The third-order valence-corrected chi connectivity index (χ3v) is 4.38. The molecule has 28 heavy (non-hydrogen) atoms. The molecule has 152 valence electrons. The minimum atomic E-state index is -0.973. The smallest absolute Gasteiger partial charge is 0.334 e. The molecule has 0 aliphatic carbocycles. The van der Waals surface area contributed by atoms with Crippen LogP contribution >= 0.6 is 0 Å². The van der Waals surface area contributed by atoms with Crippen molar-refractivity contribution in [2.75, 3.05) is 33.4 Å². The molecule has 1 aliphatic rings. The van der Waals surface area contributed by atoms with Gasteiger partial charge in [-0.15, -0.1) is 0 Å². The topological polar surface area (TPSA) is 96.5 Å². The molecule has 1 saturated heterocycles. The molecular weight excluding hydrogens is 366 g/mol. The first-order valence-corrected chi connectivity index (χ1v) is 9.12. The van der Waals surface area contributed by atoms with Crippen molar-refractivity contribution in [1.29, 1.82) is 0 Å². The van der Waals surface area contributed by atoms with Gasteiger partial charge < -0.3 is 14.4 Å². The van der Waals surface area contributed by atoms with E-state index in [4.69, 9.17) is 9.47 Å². The van der Waals surface area contributed by atoms with Crippen molar-refractivity contribution in [3.05, 3.63) is 23.8 Å². The van der Waals surface area contributed by atoms with Crippen molar-refractivity contribution in [3.63, 3.8) is 0 Å². The fraction of sp³-hybridized carbons (Fsp3) is 0.474. The molecule has 5 amide bonds. The fourth-order valence-corrected chi connectivity index (χ4v) is 2.89. The molecular formula is C19H25N3O6. The number of carbonyl (C=O) groups is 4. The van der Waals surface area contributed by atoms with E-state index in [0.29, 0.717) is 29.6 Å². The maximum atomic E-state index is 12.6. The van der Waals surface area contributed by atoms with Gasteiger partial charge in [-0.25, -0.2) is 9.69 Å². The van der Waals surface area contributed by atoms with Crippen LogP contribution < -0.4 is 9.47 Å². The summed E-state index contributed by atoms with van der Waals surface area (Å²) < 4.78 is 10.8. The monoisotopic (exact) mass is 391 g/mol. The SMILES string of the molecule is CCOc1ccc(CN(CC)C(=O)CN2C(=O)C(=O)N(CC)C2=O)cc1OC. The first-order chi connectivity index (χ1) is 13.4. The lowest BCUT2D eigenvalue weighted by Crippen LogP contribution is -2.43. The predicted molar refractivity (Wildman–Crippen MR) is 99.8 cm³/mol. The van der Waals surface area contributed by atoms with E-state index < -0.39 is 30.3 Å². The van der Waals surface area contributed by atoms with E-state index in [1.807, 2.05) is 13.0 Å². The van der Waals surface area contributed by atoms with Crippen molar-refractivity contribution >= 4 is 23.8 Å². The highest BCUT2D eigenvalue weighted by Crippen LogP contribution is 2.28. The van der Waals surface area contributed by atoms with Gasteiger partial charge in [-0.05, 0) is 38.5 Å². The van der Waals surface area contributed by atoms with Gasteiger partial charge in [0.2, 0.25) is 5.91 Å². The summed E-state index contributed by atoms with van der Waals surface area (Å²) in [4.78, 5) is 51.6. The predicted octanol–water partition coefficient (Wildman–Crippen LogP) is 1.25. The van der Waals surface area contributed by atoms with Crippen LogP contribution in [0.3, 0.4) is 0 Å². The Labute approximate surface area is 163 Å². The van der Waals surface area contributed by atoms with Gasteiger partial charge >= 0.3 is 17.8 Å². The molecule has 2 rings (SSSR count). The number of rotatable bonds is 9. The van der Waals surface area contributed by atoms with Crippen molar-refractivity contribution in [3.8, 4) is 11.5 Å². The van der Waals surface area contributed by atoms with Crippen LogP contribution in [0, 0.1) is 0 Å². The average molecular weight is 391 g/mol. The van der Waals surface area contributed by atoms with Crippen molar-refractivity contribution in [2.45, 2.75) is 27.3 Å². The fourth-order valence-electron chi connectivity index (χ4n) is 2.89. The Morgan fingerprint density at radius 3 is 2.25 bits per heavy atom. The minimum Gasteiger partial charge on any atom is -0.493 e. The van der Waals surface area contributed by atoms with Crippen molar-refractivity contribution in [1.82, 2.24) is 14.7 Å². The van der Waals surface area contributed by atoms with Crippen LogP contribution in [-0.4, -0.2) is 71.8 Å². The summed E-state index contributed by atoms with van der Waals surface area (Å²) >= 11 is 0. The van der Waals surface area contributed by atoms with E-state index >= 15 is 0 Å². The molecule has 1 heterocycles. The molecule has 0 saturated carbocycles. The van der Waals surface area contributed by atoms with Gasteiger partial charge in [0.15, 0.2) is 11.5 Å². The van der Waals surface area contributed by atoms with Crippen LogP contribution in [0.4, 0.5) is 4.79 Å². The van der Waals surface area contributed by atoms with Gasteiger partial charge in [0.25, 0.3) is 0 Å². The molecule has 0 unspecified atom stereocenters. The summed E-state index contributed by atoms with van der Waals surface area (Å²) in [5, 5.41) is 0. The molecule has 1 fully saturated rings. The molecule has 0 spiro atoms. The molecule has 1 aliphatic heterocycles. The first kappa shape index (κ1) is 21.2. The highest BCUT2D eigenvalue weighted by atomic mass is 16.5. The molecule has 1 aromatic rings. The summed E-state index contributed by atoms with van der Waals surface area (Å²) in [6, 6.07) is 4.60. The number of hydrogen-bond donors (Lipinski definition) is 0. The quantitative estimate of drug-likeness (QED) is 0.464. The highest BCUT2D eigenvalue weighted by molar-refractivity contribution is 6.45. The number of imide groups is 2. The molecule has 0 atom stereocenters. The second-order valence-electron chi connectivity index (χ2n) is 6.05. The Morgan fingerprint density at radius 2 is 1.71 bits per heavy atom. The lowest BCUT2D eigenvalue weighted by molar-refractivity contribution is -0.144. The van der Waals surface area contributed by atoms with Crippen LogP contribution in [0.2, 0.25) is 0 Å². The minimum absolute atomic E-state index is 0.0809. The average Bonchev–Trinajstić information content (AvgIpc) is 2.89. The third-order valence-electron chi connectivity index (χ3n) is 4.38. The van der Waals surface area contributed by atoms with Crippen LogP contribution in [-0.2, 0) is 20.9 Å². The van der Waals surface area contributed by atoms with Gasteiger partial charge in [0, 0.05) is 19.6 Å². The summed E-state index contributed by atoms with van der Waals surface area (Å²) in [6.07, 6.45) is 0. The van der Waals surface area contributed by atoms with E-state index in [2.05, 4.69) is 0 Å². The Morgan fingerprint density at radius 1 is 1.04 bits per heavy atom. The second kappa shape index (κ2) is 9.20. The van der Waals surface area contributed by atoms with E-state index in [9.17, 15) is 19.2 Å². The number of amides is 5. The summed E-state index contributed by atoms with van der Waals surface area (Å²) in [6.45, 7) is 6.00. The largest absolute Gasteiger partial charge is 0.493 e. The zero-order chi connectivity index (χ0) is 20.8. The van der Waals surface area contributed by atoms with E-state index in [-0.39, 0.29) is 13.1 Å². The van der Waals surface area contributed by atoms with Gasteiger partial charge in [0.05, 0.1) is 13.7 Å². The summed E-state index contributed by atoms with van der Waals surface area (Å²) in [5.41, 5.74) is 0.806. The zero-order valence-electron chi connectivity index (χ0n) is 16.6. The molecule has 1 aromatic carbocycles. The summed E-state index contributed by atoms with van der Waals surface area (Å²) in [5.74, 6) is -1.15. The molecule has 0 radical (unpaired) electrons. The lowest BCUT2D eigenvalue weighted by atomic mass is 10.2. The number of hydrogen-bond acceptors (Lipinski definition) is 6. The Bertz CT molecular complexity index is 779. The van der Waals surface area contributed by atoms with Gasteiger partial charge in [-0.2, -0.15) is 0 Å². The second-order valence-corrected chi connectivity index (χ2v) is 6.05. The van der Waals surface area contributed by atoms with Crippen molar-refractivity contribution < 1.29 is 28.7 Å². The van der Waals surface area contributed by atoms with Gasteiger partial charge in [-0.1, -0.05) is 6.07 Å². The van der Waals surface area contributed by atoms with Crippen LogP contribution in [0.25, 0.3) is 0 Å². The molecule has 0 N–H and O–H groups in total. The molecule has 9 heteroatoms. The van der Waals surface area contributed by atoms with Crippen LogP contribution in [0.15, 0.2) is 18.2 Å². The normalized spacial score (nSPS) is 13.9. The molecule has 0 bridgehead atoms. The number of nitrogens with zero attached hydrogens (tertiary/aromatic N) is 3. The summed E-state index contributed by atoms with van der Waals surface area (Å²) in [7, 11) is 1.53. The van der Waals surface area contributed by atoms with E-state index in [1.54, 1.807) is 26.0 Å². The van der Waals surface area contributed by atoms with Gasteiger partial charge in [-0.3, -0.25) is 19.3 Å². The maximum absolute atomic E-state index is 12.6. The van der Waals surface area contributed by atoms with E-state index in [0.717, 1.165) is 10.5 Å². The maximum Gasteiger partial charge on any atom is 0.334 e. The number of benzene rings is 1. The highest BCUT2D eigenvalue weighted by Gasteiger charge is 2.44. The zero-order valence-corrected chi connectivity index (χ0v) is 16.6. The van der Waals surface area contributed by atoms with Crippen molar-refractivity contribution in [2.24, 2.45) is 0 Å². The number of likely N-dealkylation sites (N-methyl/N-ethyl adjacent to an activating group) is 2. The third kappa shape index (κ3) is 4.24.